The molecule has 11 heteroatoms. The number of amidine groups is 1. The number of rotatable bonds is 5. The van der Waals surface area contributed by atoms with Crippen molar-refractivity contribution in [2.45, 2.75) is 25.0 Å². The fourth-order valence-corrected chi connectivity index (χ4v) is 2.52. The second-order valence-electron chi connectivity index (χ2n) is 4.27. The van der Waals surface area contributed by atoms with Crippen LogP contribution in [0.5, 0.6) is 5.88 Å². The third kappa shape index (κ3) is 3.32. The van der Waals surface area contributed by atoms with Gasteiger partial charge in [-0.1, -0.05) is 5.16 Å². The number of nitrogens with two attached hydrogens (primary N) is 1. The molecular weight excluding hydrogens is 276 g/mol. The molecule has 106 valence electrons. The summed E-state index contributed by atoms with van der Waals surface area (Å²) in [5, 5.41) is 18.3. The number of nitrogens with zero attached hydrogens (tertiary/aromatic N) is 3. The summed E-state index contributed by atoms with van der Waals surface area (Å²) in [6, 6.07) is -0.0350. The maximum Gasteiger partial charge on any atom is 0.287 e. The number of aromatic nitrogens is 2. The molecule has 0 bridgehead atoms. The van der Waals surface area contributed by atoms with Crippen LogP contribution in [0.2, 0.25) is 0 Å². The first-order valence-corrected chi connectivity index (χ1v) is 7.34. The van der Waals surface area contributed by atoms with Crippen molar-refractivity contribution >= 4 is 15.8 Å². The lowest BCUT2D eigenvalue weighted by Crippen LogP contribution is -2.48. The Hall–Kier alpha value is -1.88. The van der Waals surface area contributed by atoms with E-state index in [0.29, 0.717) is 12.8 Å². The van der Waals surface area contributed by atoms with Crippen LogP contribution in [0.15, 0.2) is 9.78 Å². The van der Waals surface area contributed by atoms with E-state index in [0.717, 1.165) is 0 Å². The smallest absolute Gasteiger partial charge is 0.287 e. The van der Waals surface area contributed by atoms with Gasteiger partial charge in [-0.3, -0.25) is 0 Å². The maximum absolute atomic E-state index is 11.2. The molecule has 1 aromatic rings. The van der Waals surface area contributed by atoms with Gasteiger partial charge in [-0.15, -0.1) is 0 Å². The second kappa shape index (κ2) is 5.01. The van der Waals surface area contributed by atoms with E-state index < -0.39 is 9.92 Å². The maximum atomic E-state index is 11.2. The van der Waals surface area contributed by atoms with Gasteiger partial charge in [-0.05, 0) is 10.3 Å². The number of nitrogens with one attached hydrogen (secondary N) is 2. The lowest BCUT2D eigenvalue weighted by atomic mass is 9.90. The van der Waals surface area contributed by atoms with Crippen LogP contribution in [0.25, 0.3) is 0 Å². The van der Waals surface area contributed by atoms with Crippen LogP contribution in [-0.4, -0.2) is 44.0 Å². The van der Waals surface area contributed by atoms with Gasteiger partial charge in [-0.2, -0.15) is 0 Å². The highest BCUT2D eigenvalue weighted by Crippen LogP contribution is 2.26. The Morgan fingerprint density at radius 3 is 2.95 bits per heavy atom. The SMILES string of the molecule is CS(=N)(=O)N[C@H]1C[C@@H](Oc2nonc2/C(N)=N\O)C1. The van der Waals surface area contributed by atoms with Crippen molar-refractivity contribution in [1.29, 1.82) is 4.78 Å². The molecule has 1 aliphatic carbocycles. The molecule has 0 radical (unpaired) electrons. The van der Waals surface area contributed by atoms with Gasteiger partial charge in [0.05, 0.1) is 0 Å². The normalized spacial score (nSPS) is 26.5. The van der Waals surface area contributed by atoms with E-state index in [1.807, 2.05) is 0 Å². The van der Waals surface area contributed by atoms with Gasteiger partial charge in [0.25, 0.3) is 5.88 Å². The summed E-state index contributed by atoms with van der Waals surface area (Å²) >= 11 is 0. The van der Waals surface area contributed by atoms with Crippen molar-refractivity contribution in [1.82, 2.24) is 15.0 Å². The van der Waals surface area contributed by atoms with Crippen molar-refractivity contribution in [2.75, 3.05) is 6.26 Å². The van der Waals surface area contributed by atoms with E-state index in [2.05, 4.69) is 24.8 Å². The van der Waals surface area contributed by atoms with E-state index in [9.17, 15) is 4.21 Å². The zero-order valence-electron chi connectivity index (χ0n) is 10.1. The van der Waals surface area contributed by atoms with Gasteiger partial charge in [-0.25, -0.2) is 18.3 Å². The second-order valence-corrected chi connectivity index (χ2v) is 6.20. The van der Waals surface area contributed by atoms with Gasteiger partial charge < -0.3 is 15.7 Å². The predicted octanol–water partition coefficient (Wildman–Crippen LogP) is -0.745. The quantitative estimate of drug-likeness (QED) is 0.240. The predicted molar refractivity (Wildman–Crippen MR) is 64.2 cm³/mol. The molecule has 1 aromatic heterocycles. The molecule has 0 aliphatic heterocycles. The Labute approximate surface area is 109 Å². The average Bonchev–Trinajstić information content (AvgIpc) is 2.71. The van der Waals surface area contributed by atoms with Gasteiger partial charge in [0.2, 0.25) is 5.69 Å². The Morgan fingerprint density at radius 2 is 2.37 bits per heavy atom. The molecular formula is C8H14N6O4S. The Kier molecular flexibility index (Phi) is 3.57. The monoisotopic (exact) mass is 290 g/mol. The molecule has 0 spiro atoms. The van der Waals surface area contributed by atoms with Gasteiger partial charge in [0, 0.05) is 25.1 Å². The van der Waals surface area contributed by atoms with Crippen molar-refractivity contribution in [3.63, 3.8) is 0 Å². The Morgan fingerprint density at radius 1 is 1.68 bits per heavy atom. The first-order chi connectivity index (χ1) is 8.89. The summed E-state index contributed by atoms with van der Waals surface area (Å²) in [6.45, 7) is 0. The molecule has 1 unspecified atom stereocenters. The lowest BCUT2D eigenvalue weighted by Gasteiger charge is -2.34. The van der Waals surface area contributed by atoms with Crippen molar-refractivity contribution in [3.8, 4) is 5.88 Å². The first-order valence-electron chi connectivity index (χ1n) is 5.37. The van der Waals surface area contributed by atoms with Crippen LogP contribution in [0.4, 0.5) is 0 Å². The molecule has 1 heterocycles. The third-order valence-electron chi connectivity index (χ3n) is 2.57. The summed E-state index contributed by atoms with van der Waals surface area (Å²) in [5.41, 5.74) is 5.39. The van der Waals surface area contributed by atoms with Crippen LogP contribution in [0.3, 0.4) is 0 Å². The van der Waals surface area contributed by atoms with E-state index >= 15 is 0 Å². The molecule has 0 aromatic carbocycles. The number of hydrogen-bond donors (Lipinski definition) is 4. The van der Waals surface area contributed by atoms with Crippen LogP contribution in [0.1, 0.15) is 18.5 Å². The first kappa shape index (κ1) is 13.5. The summed E-state index contributed by atoms with van der Waals surface area (Å²) in [5.74, 6) is -0.213. The molecule has 2 rings (SSSR count). The average molecular weight is 290 g/mol. The van der Waals surface area contributed by atoms with E-state index in [4.69, 9.17) is 20.5 Å². The fourth-order valence-electron chi connectivity index (χ4n) is 1.70. The van der Waals surface area contributed by atoms with Crippen LogP contribution in [0, 0.1) is 4.78 Å². The highest BCUT2D eigenvalue weighted by atomic mass is 32.2. The van der Waals surface area contributed by atoms with Crippen LogP contribution in [-0.2, 0) is 9.92 Å². The number of oxime groups is 1. The zero-order chi connectivity index (χ0) is 14.0. The largest absolute Gasteiger partial charge is 0.470 e. The van der Waals surface area contributed by atoms with Crippen molar-refractivity contribution < 1.29 is 18.8 Å². The van der Waals surface area contributed by atoms with Gasteiger partial charge >= 0.3 is 0 Å². The summed E-state index contributed by atoms with van der Waals surface area (Å²) in [4.78, 5) is 0. The zero-order valence-corrected chi connectivity index (χ0v) is 10.9. The molecule has 1 saturated carbocycles. The molecule has 19 heavy (non-hydrogen) atoms. The minimum Gasteiger partial charge on any atom is -0.470 e. The van der Waals surface area contributed by atoms with Gasteiger partial charge in [0.1, 0.15) is 16.0 Å². The third-order valence-corrected chi connectivity index (χ3v) is 3.36. The molecule has 10 nitrogen and oxygen atoms in total. The van der Waals surface area contributed by atoms with Gasteiger partial charge in [0.15, 0.2) is 5.84 Å². The van der Waals surface area contributed by atoms with E-state index in [1.165, 1.54) is 6.26 Å². The number of hydrogen-bond acceptors (Lipinski definition) is 8. The van der Waals surface area contributed by atoms with E-state index in [1.54, 1.807) is 0 Å². The molecule has 1 fully saturated rings. The summed E-state index contributed by atoms with van der Waals surface area (Å²) in [7, 11) is -2.72. The number of ether oxygens (including phenoxy) is 1. The van der Waals surface area contributed by atoms with Crippen molar-refractivity contribution in [2.24, 2.45) is 10.9 Å². The standard InChI is InChI=1S/C8H14N6O4S/c1-19(10,16)14-4-2-5(3-4)17-8-6(7(9)11-15)12-18-13-8/h4-5,15H,2-3H2,1H3,(H2,9,11)(H2,10,14,16)/t4-,5+,19?. The van der Waals surface area contributed by atoms with E-state index in [-0.39, 0.29) is 29.6 Å². The highest BCUT2D eigenvalue weighted by molar-refractivity contribution is 7.89. The summed E-state index contributed by atoms with van der Waals surface area (Å²) in [6.07, 6.45) is 2.30. The Balaban J connectivity index is 1.90. The highest BCUT2D eigenvalue weighted by Gasteiger charge is 2.34. The molecule has 0 saturated heterocycles. The fraction of sp³-hybridized carbons (Fsp3) is 0.625. The van der Waals surface area contributed by atoms with Crippen LogP contribution < -0.4 is 15.2 Å². The Bertz CT molecular complexity index is 576. The molecule has 5 N–H and O–H groups in total. The molecule has 0 amide bonds. The molecule has 1 atom stereocenters. The van der Waals surface area contributed by atoms with Crippen molar-refractivity contribution in [3.05, 3.63) is 5.69 Å². The molecule has 1 aliphatic rings. The topological polar surface area (TPSA) is 160 Å². The minimum atomic E-state index is -2.72. The summed E-state index contributed by atoms with van der Waals surface area (Å²) < 4.78 is 31.1. The minimum absolute atomic E-state index is 0.0266. The lowest BCUT2D eigenvalue weighted by molar-refractivity contribution is 0.0851. The van der Waals surface area contributed by atoms with Crippen LogP contribution >= 0.6 is 0 Å².